The van der Waals surface area contributed by atoms with Gasteiger partial charge in [0, 0.05) is 12.6 Å². The maximum Gasteiger partial charge on any atom is 0.238 e. The van der Waals surface area contributed by atoms with Gasteiger partial charge >= 0.3 is 0 Å². The molecule has 0 amide bonds. The van der Waals surface area contributed by atoms with E-state index >= 15 is 0 Å². The summed E-state index contributed by atoms with van der Waals surface area (Å²) in [6.45, 7) is 7.27. The molecule has 0 saturated carbocycles. The van der Waals surface area contributed by atoms with Gasteiger partial charge in [-0.3, -0.25) is 0 Å². The van der Waals surface area contributed by atoms with Crippen LogP contribution >= 0.6 is 0 Å². The van der Waals surface area contributed by atoms with E-state index in [1.54, 1.807) is 0 Å². The van der Waals surface area contributed by atoms with Gasteiger partial charge in [0.15, 0.2) is 0 Å². The lowest BCUT2D eigenvalue weighted by atomic mass is 9.87. The molecule has 2 aromatic rings. The quantitative estimate of drug-likeness (QED) is 0.927. The normalized spacial score (nSPS) is 11.4. The van der Waals surface area contributed by atoms with Crippen LogP contribution in [0.5, 0.6) is 11.6 Å². The van der Waals surface area contributed by atoms with Crippen molar-refractivity contribution in [2.24, 2.45) is 0 Å². The third-order valence-corrected chi connectivity index (χ3v) is 3.00. The maximum absolute atomic E-state index is 5.69. The summed E-state index contributed by atoms with van der Waals surface area (Å²) in [5.41, 5.74) is 2.32. The zero-order valence-corrected chi connectivity index (χ0v) is 12.5. The van der Waals surface area contributed by atoms with Crippen LogP contribution in [0.4, 0.5) is 0 Å². The molecule has 1 heterocycles. The smallest absolute Gasteiger partial charge is 0.238 e. The van der Waals surface area contributed by atoms with E-state index in [-0.39, 0.29) is 5.41 Å². The van der Waals surface area contributed by atoms with Crippen LogP contribution in [0.1, 0.15) is 32.0 Å². The van der Waals surface area contributed by atoms with Crippen LogP contribution in [0.25, 0.3) is 0 Å². The van der Waals surface area contributed by atoms with Crippen molar-refractivity contribution >= 4 is 0 Å². The second kappa shape index (κ2) is 6.01. The lowest BCUT2D eigenvalue weighted by Crippen LogP contribution is -2.10. The predicted octanol–water partition coefficient (Wildman–Crippen LogP) is 3.29. The van der Waals surface area contributed by atoms with Crippen LogP contribution in [-0.2, 0) is 12.0 Å². The fourth-order valence-electron chi connectivity index (χ4n) is 1.82. The van der Waals surface area contributed by atoms with E-state index in [0.717, 1.165) is 11.4 Å². The van der Waals surface area contributed by atoms with Gasteiger partial charge in [-0.05, 0) is 36.2 Å². The first-order valence-electron chi connectivity index (χ1n) is 6.74. The first-order valence-corrected chi connectivity index (χ1v) is 6.74. The molecule has 106 valence electrons. The summed E-state index contributed by atoms with van der Waals surface area (Å²) in [6, 6.07) is 11.8. The van der Waals surface area contributed by atoms with Crippen LogP contribution < -0.4 is 10.1 Å². The molecule has 0 atom stereocenters. The van der Waals surface area contributed by atoms with Crippen molar-refractivity contribution in [3.63, 3.8) is 0 Å². The fourth-order valence-corrected chi connectivity index (χ4v) is 1.82. The van der Waals surface area contributed by atoms with Crippen molar-refractivity contribution in [2.75, 3.05) is 7.05 Å². The first-order chi connectivity index (χ1) is 9.49. The number of benzene rings is 1. The third kappa shape index (κ3) is 3.78. The molecule has 1 aromatic carbocycles. The van der Waals surface area contributed by atoms with Crippen molar-refractivity contribution < 1.29 is 4.74 Å². The summed E-state index contributed by atoms with van der Waals surface area (Å²) in [4.78, 5) is 0. The summed E-state index contributed by atoms with van der Waals surface area (Å²) in [5.74, 6) is 1.28. The molecule has 0 radical (unpaired) electrons. The van der Waals surface area contributed by atoms with Gasteiger partial charge in [0.2, 0.25) is 5.88 Å². The van der Waals surface area contributed by atoms with E-state index in [1.807, 2.05) is 31.3 Å². The van der Waals surface area contributed by atoms with E-state index in [1.165, 1.54) is 5.56 Å². The molecule has 0 aliphatic heterocycles. The largest absolute Gasteiger partial charge is 0.438 e. The Hall–Kier alpha value is -1.94. The number of rotatable bonds is 4. The molecule has 0 bridgehead atoms. The van der Waals surface area contributed by atoms with Gasteiger partial charge in [-0.1, -0.05) is 32.9 Å². The highest BCUT2D eigenvalue weighted by atomic mass is 16.5. The molecule has 0 aliphatic rings. The van der Waals surface area contributed by atoms with E-state index in [9.17, 15) is 0 Å². The Bertz CT molecular complexity index is 541. The Morgan fingerprint density at radius 3 is 2.20 bits per heavy atom. The number of hydrogen-bond acceptors (Lipinski definition) is 4. The third-order valence-electron chi connectivity index (χ3n) is 3.00. The van der Waals surface area contributed by atoms with Crippen LogP contribution in [0.2, 0.25) is 0 Å². The van der Waals surface area contributed by atoms with Crippen molar-refractivity contribution in [1.82, 2.24) is 15.5 Å². The van der Waals surface area contributed by atoms with Crippen molar-refractivity contribution in [3.05, 3.63) is 47.7 Å². The molecular formula is C16H21N3O. The lowest BCUT2D eigenvalue weighted by Gasteiger charge is -2.19. The molecule has 4 heteroatoms. The Labute approximate surface area is 120 Å². The van der Waals surface area contributed by atoms with Crippen LogP contribution in [0, 0.1) is 0 Å². The number of hydrogen-bond donors (Lipinski definition) is 1. The van der Waals surface area contributed by atoms with E-state index < -0.39 is 0 Å². The van der Waals surface area contributed by atoms with E-state index in [0.29, 0.717) is 12.4 Å². The topological polar surface area (TPSA) is 47.0 Å². The SMILES string of the molecule is CNCc1ccc(Oc2ccc(C(C)(C)C)cc2)nn1. The standard InChI is InChI=1S/C16H21N3O/c1-16(2,3)12-5-8-14(9-6-12)20-15-10-7-13(11-17-4)18-19-15/h5-10,17H,11H2,1-4H3. The molecule has 0 unspecified atom stereocenters. The van der Waals surface area contributed by atoms with Crippen molar-refractivity contribution in [2.45, 2.75) is 32.7 Å². The van der Waals surface area contributed by atoms with Gasteiger partial charge in [-0.2, -0.15) is 5.10 Å². The van der Waals surface area contributed by atoms with Gasteiger partial charge < -0.3 is 10.1 Å². The van der Waals surface area contributed by atoms with Gasteiger partial charge in [-0.25, -0.2) is 0 Å². The van der Waals surface area contributed by atoms with Crippen LogP contribution in [0.3, 0.4) is 0 Å². The maximum atomic E-state index is 5.69. The Morgan fingerprint density at radius 2 is 1.70 bits per heavy atom. The Kier molecular flexibility index (Phi) is 4.35. The second-order valence-corrected chi connectivity index (χ2v) is 5.77. The molecule has 1 aromatic heterocycles. The van der Waals surface area contributed by atoms with Crippen molar-refractivity contribution in [3.8, 4) is 11.6 Å². The van der Waals surface area contributed by atoms with Gasteiger partial charge in [0.05, 0.1) is 5.69 Å². The van der Waals surface area contributed by atoms with Gasteiger partial charge in [-0.15, -0.1) is 5.10 Å². The minimum Gasteiger partial charge on any atom is -0.438 e. The number of nitrogens with zero attached hydrogens (tertiary/aromatic N) is 2. The van der Waals surface area contributed by atoms with Gasteiger partial charge in [0.25, 0.3) is 0 Å². The predicted molar refractivity (Wildman–Crippen MR) is 80.0 cm³/mol. The summed E-state index contributed by atoms with van der Waals surface area (Å²) >= 11 is 0. The number of nitrogens with one attached hydrogen (secondary N) is 1. The highest BCUT2D eigenvalue weighted by Crippen LogP contribution is 2.26. The first kappa shape index (κ1) is 14.5. The van der Waals surface area contributed by atoms with Gasteiger partial charge in [0.1, 0.15) is 5.75 Å². The number of aromatic nitrogens is 2. The molecule has 2 rings (SSSR count). The second-order valence-electron chi connectivity index (χ2n) is 5.77. The summed E-state index contributed by atoms with van der Waals surface area (Å²) in [6.07, 6.45) is 0. The molecule has 0 aliphatic carbocycles. The van der Waals surface area contributed by atoms with Crippen molar-refractivity contribution in [1.29, 1.82) is 0 Å². The fraction of sp³-hybridized carbons (Fsp3) is 0.375. The minimum atomic E-state index is 0.146. The zero-order chi connectivity index (χ0) is 14.6. The Balaban J connectivity index is 2.06. The average molecular weight is 271 g/mol. The minimum absolute atomic E-state index is 0.146. The summed E-state index contributed by atoms with van der Waals surface area (Å²) < 4.78 is 5.69. The molecule has 0 fully saturated rings. The molecular weight excluding hydrogens is 250 g/mol. The molecule has 1 N–H and O–H groups in total. The van der Waals surface area contributed by atoms with E-state index in [4.69, 9.17) is 4.74 Å². The highest BCUT2D eigenvalue weighted by molar-refractivity contribution is 5.33. The highest BCUT2D eigenvalue weighted by Gasteiger charge is 2.13. The van der Waals surface area contributed by atoms with E-state index in [2.05, 4.69) is 48.4 Å². The Morgan fingerprint density at radius 1 is 1.00 bits per heavy atom. The van der Waals surface area contributed by atoms with Crippen LogP contribution in [0.15, 0.2) is 36.4 Å². The number of ether oxygens (including phenoxy) is 1. The monoisotopic (exact) mass is 271 g/mol. The lowest BCUT2D eigenvalue weighted by molar-refractivity contribution is 0.452. The summed E-state index contributed by atoms with van der Waals surface area (Å²) in [5, 5.41) is 11.2. The average Bonchev–Trinajstić information content (AvgIpc) is 2.41. The van der Waals surface area contributed by atoms with Crippen LogP contribution in [-0.4, -0.2) is 17.2 Å². The molecule has 0 saturated heterocycles. The summed E-state index contributed by atoms with van der Waals surface area (Å²) in [7, 11) is 1.88. The molecule has 20 heavy (non-hydrogen) atoms. The molecule has 4 nitrogen and oxygen atoms in total. The zero-order valence-electron chi connectivity index (χ0n) is 12.5. The molecule has 0 spiro atoms.